The van der Waals surface area contributed by atoms with Gasteiger partial charge in [0, 0.05) is 30.9 Å². The Balaban J connectivity index is 1.68. The first-order valence-electron chi connectivity index (χ1n) is 7.36. The minimum Gasteiger partial charge on any atom is -0.340 e. The molecule has 2 fully saturated rings. The zero-order chi connectivity index (χ0) is 13.9. The minimum atomic E-state index is -0.193. The van der Waals surface area contributed by atoms with E-state index in [4.69, 9.17) is 0 Å². The lowest BCUT2D eigenvalue weighted by atomic mass is 10.0. The predicted molar refractivity (Wildman–Crippen MR) is 78.6 cm³/mol. The van der Waals surface area contributed by atoms with Gasteiger partial charge >= 0.3 is 0 Å². The van der Waals surface area contributed by atoms with Crippen LogP contribution in [0.5, 0.6) is 0 Å². The molecule has 1 atom stereocenters. The summed E-state index contributed by atoms with van der Waals surface area (Å²) in [6.07, 6.45) is 4.29. The summed E-state index contributed by atoms with van der Waals surface area (Å²) >= 11 is 1.73. The van der Waals surface area contributed by atoms with Gasteiger partial charge in [-0.15, -0.1) is 11.3 Å². The van der Waals surface area contributed by atoms with Crippen LogP contribution in [0.15, 0.2) is 17.5 Å². The number of amides is 2. The van der Waals surface area contributed by atoms with E-state index in [0.29, 0.717) is 13.0 Å². The van der Waals surface area contributed by atoms with Crippen LogP contribution in [-0.2, 0) is 16.0 Å². The Morgan fingerprint density at radius 1 is 1.25 bits per heavy atom. The fourth-order valence-corrected chi connectivity index (χ4v) is 3.80. The van der Waals surface area contributed by atoms with Crippen molar-refractivity contribution in [2.45, 2.75) is 38.1 Å². The van der Waals surface area contributed by atoms with Gasteiger partial charge in [-0.05, 0) is 37.1 Å². The average molecular weight is 292 g/mol. The summed E-state index contributed by atoms with van der Waals surface area (Å²) in [5, 5.41) is 2.06. The smallest absolute Gasteiger partial charge is 0.245 e. The molecule has 4 nitrogen and oxygen atoms in total. The first-order chi connectivity index (χ1) is 9.75. The van der Waals surface area contributed by atoms with Crippen molar-refractivity contribution in [3.8, 4) is 0 Å². The summed E-state index contributed by atoms with van der Waals surface area (Å²) in [5.41, 5.74) is 0. The lowest BCUT2D eigenvalue weighted by Crippen LogP contribution is -2.50. The van der Waals surface area contributed by atoms with Crippen molar-refractivity contribution in [3.63, 3.8) is 0 Å². The van der Waals surface area contributed by atoms with Gasteiger partial charge in [-0.25, -0.2) is 0 Å². The summed E-state index contributed by atoms with van der Waals surface area (Å²) in [4.78, 5) is 29.8. The molecule has 2 aliphatic rings. The Bertz CT molecular complexity index is 486. The number of carbonyl (C=O) groups is 2. The second-order valence-electron chi connectivity index (χ2n) is 5.50. The normalized spacial score (nSPS) is 23.7. The van der Waals surface area contributed by atoms with E-state index in [0.717, 1.165) is 38.8 Å². The molecule has 3 rings (SSSR count). The molecule has 5 heteroatoms. The minimum absolute atomic E-state index is 0.154. The van der Waals surface area contributed by atoms with E-state index in [1.807, 2.05) is 15.9 Å². The van der Waals surface area contributed by atoms with Crippen molar-refractivity contribution >= 4 is 23.2 Å². The topological polar surface area (TPSA) is 40.6 Å². The Morgan fingerprint density at radius 3 is 2.95 bits per heavy atom. The zero-order valence-corrected chi connectivity index (χ0v) is 12.4. The number of nitrogens with zero attached hydrogens (tertiary/aromatic N) is 2. The molecule has 20 heavy (non-hydrogen) atoms. The van der Waals surface area contributed by atoms with Crippen LogP contribution in [0.3, 0.4) is 0 Å². The Hall–Kier alpha value is -1.36. The number of fused-ring (bicyclic) bond motifs is 1. The average Bonchev–Trinajstić information content (AvgIpc) is 2.96. The number of hydrogen-bond donors (Lipinski definition) is 0. The molecule has 0 aliphatic carbocycles. The van der Waals surface area contributed by atoms with Gasteiger partial charge in [0.1, 0.15) is 6.04 Å². The number of thiophene rings is 1. The number of hydrogen-bond acceptors (Lipinski definition) is 3. The van der Waals surface area contributed by atoms with Gasteiger partial charge in [-0.2, -0.15) is 0 Å². The van der Waals surface area contributed by atoms with E-state index in [9.17, 15) is 9.59 Å². The maximum Gasteiger partial charge on any atom is 0.245 e. The summed E-state index contributed by atoms with van der Waals surface area (Å²) in [7, 11) is 0. The van der Waals surface area contributed by atoms with Crippen molar-refractivity contribution in [3.05, 3.63) is 22.4 Å². The summed E-state index contributed by atoms with van der Waals surface area (Å²) in [6, 6.07) is 3.95. The lowest BCUT2D eigenvalue weighted by molar-refractivity contribution is -0.143. The molecule has 108 valence electrons. The van der Waals surface area contributed by atoms with Crippen molar-refractivity contribution in [1.82, 2.24) is 9.80 Å². The molecule has 0 saturated carbocycles. The van der Waals surface area contributed by atoms with Gasteiger partial charge in [0.15, 0.2) is 0 Å². The highest BCUT2D eigenvalue weighted by atomic mass is 32.1. The highest BCUT2D eigenvalue weighted by Gasteiger charge is 2.37. The molecule has 3 heterocycles. The molecule has 1 unspecified atom stereocenters. The van der Waals surface area contributed by atoms with E-state index in [1.165, 1.54) is 4.88 Å². The second kappa shape index (κ2) is 5.95. The molecule has 2 amide bonds. The Kier molecular flexibility index (Phi) is 4.05. The number of piperidine rings is 1. The molecule has 2 saturated heterocycles. The first kappa shape index (κ1) is 13.6. The van der Waals surface area contributed by atoms with Gasteiger partial charge in [-0.1, -0.05) is 6.07 Å². The highest BCUT2D eigenvalue weighted by Crippen LogP contribution is 2.23. The quantitative estimate of drug-likeness (QED) is 0.854. The van der Waals surface area contributed by atoms with E-state index in [2.05, 4.69) is 11.4 Å². The Morgan fingerprint density at radius 2 is 2.15 bits per heavy atom. The fraction of sp³-hybridized carbons (Fsp3) is 0.600. The van der Waals surface area contributed by atoms with Gasteiger partial charge in [0.2, 0.25) is 11.8 Å². The van der Waals surface area contributed by atoms with Crippen LogP contribution in [-0.4, -0.2) is 47.3 Å². The molecular formula is C15H20N2O2S. The van der Waals surface area contributed by atoms with Crippen LogP contribution in [0.25, 0.3) is 0 Å². The maximum absolute atomic E-state index is 12.6. The van der Waals surface area contributed by atoms with Crippen LogP contribution >= 0.6 is 11.3 Å². The molecule has 0 radical (unpaired) electrons. The van der Waals surface area contributed by atoms with Crippen LogP contribution in [0.1, 0.15) is 30.6 Å². The Labute approximate surface area is 123 Å². The van der Waals surface area contributed by atoms with Crippen LogP contribution in [0.2, 0.25) is 0 Å². The summed E-state index contributed by atoms with van der Waals surface area (Å²) < 4.78 is 0. The fourth-order valence-electron chi connectivity index (χ4n) is 3.10. The monoisotopic (exact) mass is 292 g/mol. The molecule has 0 spiro atoms. The molecule has 0 aromatic carbocycles. The second-order valence-corrected chi connectivity index (χ2v) is 6.54. The van der Waals surface area contributed by atoms with Crippen molar-refractivity contribution < 1.29 is 9.59 Å². The predicted octanol–water partition coefficient (Wildman–Crippen LogP) is 1.90. The van der Waals surface area contributed by atoms with Gasteiger partial charge < -0.3 is 9.80 Å². The van der Waals surface area contributed by atoms with E-state index < -0.39 is 0 Å². The summed E-state index contributed by atoms with van der Waals surface area (Å²) in [5.74, 6) is 0.314. The first-order valence-corrected chi connectivity index (χ1v) is 8.24. The van der Waals surface area contributed by atoms with Crippen molar-refractivity contribution in [2.75, 3.05) is 19.6 Å². The number of carbonyl (C=O) groups excluding carboxylic acids is 2. The molecule has 1 aromatic heterocycles. The number of rotatable bonds is 3. The van der Waals surface area contributed by atoms with E-state index >= 15 is 0 Å². The van der Waals surface area contributed by atoms with E-state index in [-0.39, 0.29) is 17.9 Å². The SMILES string of the molecule is O=C1C2CCCCN2C(=O)CCN1CCc1cccs1. The van der Waals surface area contributed by atoms with Gasteiger partial charge in [-0.3, -0.25) is 9.59 Å². The van der Waals surface area contributed by atoms with Gasteiger partial charge in [0.05, 0.1) is 0 Å². The van der Waals surface area contributed by atoms with Crippen molar-refractivity contribution in [2.24, 2.45) is 0 Å². The van der Waals surface area contributed by atoms with Gasteiger partial charge in [0.25, 0.3) is 0 Å². The molecule has 2 aliphatic heterocycles. The maximum atomic E-state index is 12.6. The lowest BCUT2D eigenvalue weighted by Gasteiger charge is -2.34. The molecule has 0 N–H and O–H groups in total. The highest BCUT2D eigenvalue weighted by molar-refractivity contribution is 7.09. The third-order valence-electron chi connectivity index (χ3n) is 4.22. The molecular weight excluding hydrogens is 272 g/mol. The molecule has 1 aromatic rings. The largest absolute Gasteiger partial charge is 0.340 e. The van der Waals surface area contributed by atoms with Crippen LogP contribution in [0, 0.1) is 0 Å². The molecule has 0 bridgehead atoms. The third kappa shape index (κ3) is 2.73. The van der Waals surface area contributed by atoms with Crippen LogP contribution in [0.4, 0.5) is 0 Å². The third-order valence-corrected chi connectivity index (χ3v) is 5.16. The van der Waals surface area contributed by atoms with E-state index in [1.54, 1.807) is 11.3 Å². The van der Waals surface area contributed by atoms with Crippen LogP contribution < -0.4 is 0 Å². The summed E-state index contributed by atoms with van der Waals surface area (Å²) in [6.45, 7) is 2.07. The zero-order valence-electron chi connectivity index (χ0n) is 11.6. The van der Waals surface area contributed by atoms with Crippen molar-refractivity contribution in [1.29, 1.82) is 0 Å². The standard InChI is InChI=1S/C15H20N2O2S/c18-14-7-10-16(9-6-12-4-3-11-20-12)15(19)13-5-1-2-8-17(13)14/h3-4,11,13H,1-2,5-10H2.